The van der Waals surface area contributed by atoms with Crippen LogP contribution in [-0.2, 0) is 21.4 Å². The fraction of sp³-hybridized carbons (Fsp3) is 0.556. The molecule has 11 nitrogen and oxygen atoms in total. The Kier molecular flexibility index (Phi) is 7.55. The third kappa shape index (κ3) is 5.33. The average molecular weight is 523 g/mol. The molecule has 2 aromatic heterocycles. The zero-order chi connectivity index (χ0) is 26.7. The standard InChI is InChI=1S/C27H34N6O5/c1-33-13-5-6-18(33)16-37-22-15-21(29-12-9-17(28)14-23(35)36)30-26(31-22)24-19-7-4-11-27(25(19)38-32-24)10-3-2-8-20(27)34/h9,12,15,18H,2-8,10-11,13-14,16,28H2,1H3,(H,35,36)/b17-9-,29-12+/t18-,27+/m0/s1. The molecule has 2 aliphatic carbocycles. The second-order valence-electron chi connectivity index (χ2n) is 10.5. The first-order valence-electron chi connectivity index (χ1n) is 13.3. The van der Waals surface area contributed by atoms with E-state index in [-0.39, 0.29) is 17.9 Å². The summed E-state index contributed by atoms with van der Waals surface area (Å²) in [6.07, 6.45) is 10.4. The first-order chi connectivity index (χ1) is 18.4. The summed E-state index contributed by atoms with van der Waals surface area (Å²) in [7, 11) is 2.08. The second-order valence-corrected chi connectivity index (χ2v) is 10.5. The van der Waals surface area contributed by atoms with Crippen molar-refractivity contribution in [3.8, 4) is 17.4 Å². The van der Waals surface area contributed by atoms with Gasteiger partial charge in [-0.25, -0.2) is 9.98 Å². The third-order valence-electron chi connectivity index (χ3n) is 7.89. The molecule has 38 heavy (non-hydrogen) atoms. The van der Waals surface area contributed by atoms with Crippen LogP contribution in [0.1, 0.15) is 69.1 Å². The minimum absolute atomic E-state index is 0.171. The van der Waals surface area contributed by atoms with Crippen LogP contribution >= 0.6 is 0 Å². The number of likely N-dealkylation sites (N-methyl/N-ethyl adjacent to an activating group) is 1. The van der Waals surface area contributed by atoms with Crippen LogP contribution in [-0.4, -0.2) is 69.3 Å². The first kappa shape index (κ1) is 26.0. The molecule has 0 amide bonds. The molecule has 202 valence electrons. The highest BCUT2D eigenvalue weighted by Gasteiger charge is 2.48. The van der Waals surface area contributed by atoms with Crippen LogP contribution in [0.4, 0.5) is 5.82 Å². The van der Waals surface area contributed by atoms with E-state index in [0.29, 0.717) is 48.0 Å². The van der Waals surface area contributed by atoms with Gasteiger partial charge in [0.15, 0.2) is 23.1 Å². The Morgan fingerprint density at radius 1 is 1.29 bits per heavy atom. The highest BCUT2D eigenvalue weighted by atomic mass is 16.5. The molecule has 0 radical (unpaired) electrons. The number of ether oxygens (including phenoxy) is 1. The van der Waals surface area contributed by atoms with Gasteiger partial charge in [-0.15, -0.1) is 0 Å². The van der Waals surface area contributed by atoms with Gasteiger partial charge in [0.05, 0.1) is 11.8 Å². The second kappa shape index (κ2) is 11.0. The lowest BCUT2D eigenvalue weighted by Crippen LogP contribution is -2.41. The number of carboxylic acids is 1. The highest BCUT2D eigenvalue weighted by Crippen LogP contribution is 2.47. The van der Waals surface area contributed by atoms with Gasteiger partial charge in [-0.1, -0.05) is 11.6 Å². The molecule has 2 aromatic rings. The van der Waals surface area contributed by atoms with E-state index in [0.717, 1.165) is 63.5 Å². The van der Waals surface area contributed by atoms with Crippen LogP contribution in [0.15, 0.2) is 27.4 Å². The van der Waals surface area contributed by atoms with Crippen LogP contribution in [0, 0.1) is 0 Å². The summed E-state index contributed by atoms with van der Waals surface area (Å²) in [5.41, 5.74) is 6.72. The summed E-state index contributed by atoms with van der Waals surface area (Å²) in [4.78, 5) is 39.8. The van der Waals surface area contributed by atoms with E-state index in [4.69, 9.17) is 20.1 Å². The van der Waals surface area contributed by atoms with Crippen molar-refractivity contribution in [1.29, 1.82) is 0 Å². The molecule has 0 aromatic carbocycles. The van der Waals surface area contributed by atoms with Gasteiger partial charge in [0.25, 0.3) is 0 Å². The topological polar surface area (TPSA) is 157 Å². The number of Topliss-reactive ketones (excluding diaryl/α,β-unsaturated/α-hetero) is 1. The number of nitrogens with zero attached hydrogens (tertiary/aromatic N) is 5. The number of hydrogen-bond donors (Lipinski definition) is 2. The Hall–Kier alpha value is -3.60. The molecule has 1 spiro atoms. The van der Waals surface area contributed by atoms with Crippen molar-refractivity contribution in [3.63, 3.8) is 0 Å². The summed E-state index contributed by atoms with van der Waals surface area (Å²) in [5, 5.41) is 13.3. The number of allylic oxidation sites excluding steroid dienone is 1. The molecule has 5 rings (SSSR count). The summed E-state index contributed by atoms with van der Waals surface area (Å²) in [6.45, 7) is 1.52. The molecular formula is C27H34N6O5. The molecule has 0 unspecified atom stereocenters. The Balaban J connectivity index is 1.48. The first-order valence-corrected chi connectivity index (χ1v) is 13.3. The van der Waals surface area contributed by atoms with Crippen LogP contribution < -0.4 is 10.5 Å². The lowest BCUT2D eigenvalue weighted by atomic mass is 9.64. The van der Waals surface area contributed by atoms with Gasteiger partial charge in [0.1, 0.15) is 12.4 Å². The molecule has 2 fully saturated rings. The maximum absolute atomic E-state index is 13.1. The molecule has 3 N–H and O–H groups in total. The van der Waals surface area contributed by atoms with Gasteiger partial charge in [0.2, 0.25) is 5.88 Å². The molecular weight excluding hydrogens is 488 g/mol. The highest BCUT2D eigenvalue weighted by molar-refractivity contribution is 5.91. The Bertz CT molecular complexity index is 1270. The normalized spacial score (nSPS) is 24.3. The molecule has 1 saturated carbocycles. The Morgan fingerprint density at radius 3 is 2.89 bits per heavy atom. The number of aliphatic carboxylic acids is 1. The zero-order valence-electron chi connectivity index (χ0n) is 21.7. The van der Waals surface area contributed by atoms with Gasteiger partial charge in [-0.3, -0.25) is 9.59 Å². The summed E-state index contributed by atoms with van der Waals surface area (Å²) < 4.78 is 12.0. The number of nitrogens with two attached hydrogens (primary N) is 1. The third-order valence-corrected chi connectivity index (χ3v) is 7.89. The van der Waals surface area contributed by atoms with Gasteiger partial charge >= 0.3 is 5.97 Å². The van der Waals surface area contributed by atoms with E-state index in [1.807, 2.05) is 0 Å². The maximum atomic E-state index is 13.1. The number of rotatable bonds is 8. The number of aromatic nitrogens is 3. The summed E-state index contributed by atoms with van der Waals surface area (Å²) >= 11 is 0. The smallest absolute Gasteiger partial charge is 0.309 e. The number of fused-ring (bicyclic) bond motifs is 2. The van der Waals surface area contributed by atoms with E-state index in [2.05, 4.69) is 32.1 Å². The van der Waals surface area contributed by atoms with Gasteiger partial charge < -0.3 is 25.0 Å². The quantitative estimate of drug-likeness (QED) is 0.493. The average Bonchev–Trinajstić information content (AvgIpc) is 3.51. The minimum atomic E-state index is -1.02. The number of carbonyl (C=O) groups excluding carboxylic acids is 1. The lowest BCUT2D eigenvalue weighted by molar-refractivity contribution is -0.136. The number of ketones is 1. The molecule has 1 saturated heterocycles. The fourth-order valence-electron chi connectivity index (χ4n) is 5.84. The number of aliphatic imine (C=N–C) groups is 1. The molecule has 3 heterocycles. The SMILES string of the molecule is CN1CCC[C@H]1COc1cc(/N=C/C=C(\N)CC(=O)O)nc(-c2noc3c2CCC[C@@]32CCCCC2=O)n1. The van der Waals surface area contributed by atoms with Crippen molar-refractivity contribution in [2.24, 2.45) is 10.7 Å². The predicted molar refractivity (Wildman–Crippen MR) is 139 cm³/mol. The van der Waals surface area contributed by atoms with E-state index in [1.165, 1.54) is 12.3 Å². The van der Waals surface area contributed by atoms with Crippen molar-refractivity contribution < 1.29 is 24.0 Å². The van der Waals surface area contributed by atoms with E-state index < -0.39 is 11.4 Å². The van der Waals surface area contributed by atoms with Crippen LogP contribution in [0.25, 0.3) is 11.5 Å². The van der Waals surface area contributed by atoms with Crippen molar-refractivity contribution in [1.82, 2.24) is 20.0 Å². The number of carboxylic acid groups (broad SMARTS) is 1. The predicted octanol–water partition coefficient (Wildman–Crippen LogP) is 3.34. The van der Waals surface area contributed by atoms with Gasteiger partial charge in [-0.2, -0.15) is 4.98 Å². The van der Waals surface area contributed by atoms with E-state index in [1.54, 1.807) is 6.07 Å². The van der Waals surface area contributed by atoms with Gasteiger partial charge in [-0.05, 0) is 64.6 Å². The molecule has 3 aliphatic rings. The summed E-state index contributed by atoms with van der Waals surface area (Å²) in [5.74, 6) is 0.889. The van der Waals surface area contributed by atoms with Crippen molar-refractivity contribution in [2.75, 3.05) is 20.2 Å². The van der Waals surface area contributed by atoms with Crippen molar-refractivity contribution in [2.45, 2.75) is 75.7 Å². The Morgan fingerprint density at radius 2 is 2.13 bits per heavy atom. The van der Waals surface area contributed by atoms with Crippen LogP contribution in [0.2, 0.25) is 0 Å². The van der Waals surface area contributed by atoms with E-state index in [9.17, 15) is 9.59 Å². The summed E-state index contributed by atoms with van der Waals surface area (Å²) in [6, 6.07) is 1.94. The Labute approximate surface area is 221 Å². The van der Waals surface area contributed by atoms with Crippen molar-refractivity contribution in [3.05, 3.63) is 29.2 Å². The van der Waals surface area contributed by atoms with E-state index >= 15 is 0 Å². The van der Waals surface area contributed by atoms with Gasteiger partial charge in [0, 0.05) is 36.0 Å². The van der Waals surface area contributed by atoms with Crippen LogP contribution in [0.3, 0.4) is 0 Å². The maximum Gasteiger partial charge on any atom is 0.309 e. The van der Waals surface area contributed by atoms with Crippen molar-refractivity contribution >= 4 is 23.8 Å². The monoisotopic (exact) mass is 522 g/mol. The molecule has 11 heteroatoms. The largest absolute Gasteiger partial charge is 0.481 e. The van der Waals surface area contributed by atoms with Crippen LogP contribution in [0.5, 0.6) is 5.88 Å². The fourth-order valence-corrected chi connectivity index (χ4v) is 5.84. The molecule has 2 atom stereocenters. The number of hydrogen-bond acceptors (Lipinski definition) is 10. The number of carbonyl (C=O) groups is 2. The minimum Gasteiger partial charge on any atom is -0.481 e. The molecule has 1 aliphatic heterocycles. The number of likely N-dealkylation sites (tertiary alicyclic amines) is 1. The zero-order valence-corrected chi connectivity index (χ0v) is 21.7. The molecule has 0 bridgehead atoms. The lowest BCUT2D eigenvalue weighted by Gasteiger charge is -2.36.